The molecule has 1 fully saturated rings. The van der Waals surface area contributed by atoms with E-state index in [0.717, 1.165) is 60.8 Å². The number of hydrogen-bond donors (Lipinski definition) is 0. The van der Waals surface area contributed by atoms with Crippen molar-refractivity contribution in [3.63, 3.8) is 0 Å². The van der Waals surface area contributed by atoms with Gasteiger partial charge in [0.05, 0.1) is 11.0 Å². The molecule has 6 heteroatoms. The molecule has 2 heterocycles. The van der Waals surface area contributed by atoms with Crippen LogP contribution < -0.4 is 4.74 Å². The Morgan fingerprint density at radius 2 is 1.60 bits per heavy atom. The average molecular weight is 486 g/mol. The van der Waals surface area contributed by atoms with Gasteiger partial charge in [-0.2, -0.15) is 0 Å². The molecule has 0 radical (unpaired) electrons. The number of amides is 1. The van der Waals surface area contributed by atoms with Gasteiger partial charge < -0.3 is 14.2 Å². The summed E-state index contributed by atoms with van der Waals surface area (Å²) in [5, 5.41) is 0. The Kier molecular flexibility index (Phi) is 7.69. The lowest BCUT2D eigenvalue weighted by molar-refractivity contribution is -0.132. The van der Waals surface area contributed by atoms with Gasteiger partial charge >= 0.3 is 0 Å². The zero-order chi connectivity index (χ0) is 23.9. The normalized spacial score (nSPS) is 14.3. The lowest BCUT2D eigenvalue weighted by Crippen LogP contribution is -2.39. The van der Waals surface area contributed by atoms with Gasteiger partial charge in [-0.25, -0.2) is 4.98 Å². The molecular weight excluding hydrogens is 454 g/mol. The molecule has 1 aliphatic rings. The van der Waals surface area contributed by atoms with Crippen LogP contribution in [0.3, 0.4) is 0 Å². The molecule has 0 aliphatic carbocycles. The monoisotopic (exact) mass is 485 g/mol. The summed E-state index contributed by atoms with van der Waals surface area (Å²) in [4.78, 5) is 20.9. The lowest BCUT2D eigenvalue weighted by Gasteiger charge is -2.32. The third-order valence-corrected chi connectivity index (χ3v) is 7.59. The van der Waals surface area contributed by atoms with Crippen molar-refractivity contribution in [2.45, 2.75) is 37.3 Å². The number of carbonyl (C=O) groups is 1. The van der Waals surface area contributed by atoms with Gasteiger partial charge in [0.1, 0.15) is 18.2 Å². The van der Waals surface area contributed by atoms with Crippen molar-refractivity contribution >= 4 is 28.7 Å². The number of hydrogen-bond acceptors (Lipinski definition) is 4. The number of thioether (sulfide) groups is 1. The molecular formula is C29H31N3O2S. The number of rotatable bonds is 9. The van der Waals surface area contributed by atoms with Crippen LogP contribution in [0.25, 0.3) is 11.0 Å². The quantitative estimate of drug-likeness (QED) is 0.271. The minimum Gasteiger partial charge on any atom is -0.486 e. The van der Waals surface area contributed by atoms with Gasteiger partial charge in [0, 0.05) is 36.7 Å². The molecule has 4 aromatic rings. The SMILES string of the molecule is O=C(CCSc1ccccc1)N1CCC(Cn2c(COc3ccccc3)nc3ccccc32)CC1. The molecule has 0 N–H and O–H groups in total. The fraction of sp³-hybridized carbons (Fsp3) is 0.310. The van der Waals surface area contributed by atoms with Crippen molar-refractivity contribution in [2.24, 2.45) is 5.92 Å². The van der Waals surface area contributed by atoms with E-state index in [-0.39, 0.29) is 5.91 Å². The first kappa shape index (κ1) is 23.5. The average Bonchev–Trinajstić information content (AvgIpc) is 3.26. The summed E-state index contributed by atoms with van der Waals surface area (Å²) in [7, 11) is 0. The van der Waals surface area contributed by atoms with Crippen LogP contribution in [0.4, 0.5) is 0 Å². The highest BCUT2D eigenvalue weighted by Crippen LogP contribution is 2.25. The van der Waals surface area contributed by atoms with Gasteiger partial charge in [-0.05, 0) is 55.2 Å². The van der Waals surface area contributed by atoms with Gasteiger partial charge in [-0.3, -0.25) is 4.79 Å². The van der Waals surface area contributed by atoms with Gasteiger partial charge in [0.25, 0.3) is 0 Å². The van der Waals surface area contributed by atoms with Crippen molar-refractivity contribution in [3.8, 4) is 5.75 Å². The van der Waals surface area contributed by atoms with Crippen LogP contribution in [0, 0.1) is 5.92 Å². The van der Waals surface area contributed by atoms with Crippen LogP contribution in [-0.4, -0.2) is 39.2 Å². The summed E-state index contributed by atoms with van der Waals surface area (Å²) < 4.78 is 8.35. The van der Waals surface area contributed by atoms with Gasteiger partial charge in [0.2, 0.25) is 5.91 Å². The highest BCUT2D eigenvalue weighted by molar-refractivity contribution is 7.99. The molecule has 1 saturated heterocycles. The molecule has 3 aromatic carbocycles. The van der Waals surface area contributed by atoms with Crippen molar-refractivity contribution in [3.05, 3.63) is 90.8 Å². The van der Waals surface area contributed by atoms with E-state index >= 15 is 0 Å². The van der Waals surface area contributed by atoms with Crippen LogP contribution >= 0.6 is 11.8 Å². The summed E-state index contributed by atoms with van der Waals surface area (Å²) in [5.41, 5.74) is 2.15. The highest BCUT2D eigenvalue weighted by Gasteiger charge is 2.24. The van der Waals surface area contributed by atoms with E-state index in [1.165, 1.54) is 4.90 Å². The summed E-state index contributed by atoms with van der Waals surface area (Å²) in [6.07, 6.45) is 2.63. The van der Waals surface area contributed by atoms with Crippen molar-refractivity contribution < 1.29 is 9.53 Å². The van der Waals surface area contributed by atoms with E-state index in [0.29, 0.717) is 18.9 Å². The molecule has 0 unspecified atom stereocenters. The Balaban J connectivity index is 1.17. The maximum atomic E-state index is 12.7. The Morgan fingerprint density at radius 3 is 2.37 bits per heavy atom. The van der Waals surface area contributed by atoms with Crippen LogP contribution in [0.5, 0.6) is 5.75 Å². The van der Waals surface area contributed by atoms with Gasteiger partial charge in [0.15, 0.2) is 0 Å². The van der Waals surface area contributed by atoms with E-state index in [4.69, 9.17) is 9.72 Å². The molecule has 0 spiro atoms. The Labute approximate surface area is 211 Å². The van der Waals surface area contributed by atoms with E-state index in [2.05, 4.69) is 34.9 Å². The molecule has 5 rings (SSSR count). The van der Waals surface area contributed by atoms with E-state index in [1.807, 2.05) is 59.5 Å². The molecule has 5 nitrogen and oxygen atoms in total. The third kappa shape index (κ3) is 6.06. The number of likely N-dealkylation sites (tertiary alicyclic amines) is 1. The molecule has 180 valence electrons. The Morgan fingerprint density at radius 1 is 0.914 bits per heavy atom. The number of imidazole rings is 1. The highest BCUT2D eigenvalue weighted by atomic mass is 32.2. The Bertz CT molecular complexity index is 1230. The molecule has 0 atom stereocenters. The number of carbonyl (C=O) groups excluding carboxylic acids is 1. The lowest BCUT2D eigenvalue weighted by atomic mass is 9.96. The molecule has 35 heavy (non-hydrogen) atoms. The first-order valence-electron chi connectivity index (χ1n) is 12.3. The largest absolute Gasteiger partial charge is 0.486 e. The minimum atomic E-state index is 0.275. The maximum Gasteiger partial charge on any atom is 0.223 e. The minimum absolute atomic E-state index is 0.275. The smallest absolute Gasteiger partial charge is 0.223 e. The van der Waals surface area contributed by atoms with Gasteiger partial charge in [-0.1, -0.05) is 48.5 Å². The summed E-state index contributed by atoms with van der Waals surface area (Å²) in [6.45, 7) is 3.01. The predicted octanol–water partition coefficient (Wildman–Crippen LogP) is 6.04. The molecule has 1 aliphatic heterocycles. The second kappa shape index (κ2) is 11.5. The summed E-state index contributed by atoms with van der Waals surface area (Å²) in [5.74, 6) is 3.42. The van der Waals surface area contributed by atoms with Crippen LogP contribution in [0.1, 0.15) is 25.1 Å². The molecule has 1 amide bonds. The van der Waals surface area contributed by atoms with Crippen LogP contribution in [0.2, 0.25) is 0 Å². The standard InChI is InChI=1S/C29H31N3O2S/c33-29(17-20-35-25-11-5-2-6-12-25)31-18-15-23(16-19-31)21-32-27-14-8-7-13-26(27)30-28(32)22-34-24-9-3-1-4-10-24/h1-14,23H,15-22H2. The van der Waals surface area contributed by atoms with Crippen LogP contribution in [0.15, 0.2) is 89.8 Å². The zero-order valence-corrected chi connectivity index (χ0v) is 20.7. The second-order valence-electron chi connectivity index (χ2n) is 8.96. The number of para-hydroxylation sites is 3. The number of ether oxygens (including phenoxy) is 1. The number of aromatic nitrogens is 2. The second-order valence-corrected chi connectivity index (χ2v) is 10.1. The van der Waals surface area contributed by atoms with E-state index < -0.39 is 0 Å². The van der Waals surface area contributed by atoms with E-state index in [9.17, 15) is 4.79 Å². The number of fused-ring (bicyclic) bond motifs is 1. The number of piperidine rings is 1. The number of nitrogens with zero attached hydrogens (tertiary/aromatic N) is 3. The zero-order valence-electron chi connectivity index (χ0n) is 19.9. The van der Waals surface area contributed by atoms with Crippen LogP contribution in [-0.2, 0) is 17.9 Å². The van der Waals surface area contributed by atoms with E-state index in [1.54, 1.807) is 11.8 Å². The summed E-state index contributed by atoms with van der Waals surface area (Å²) in [6, 6.07) is 28.5. The fourth-order valence-corrected chi connectivity index (χ4v) is 5.52. The molecule has 1 aromatic heterocycles. The third-order valence-electron chi connectivity index (χ3n) is 6.58. The van der Waals surface area contributed by atoms with Crippen molar-refractivity contribution in [1.82, 2.24) is 14.5 Å². The first-order valence-corrected chi connectivity index (χ1v) is 13.3. The van der Waals surface area contributed by atoms with Gasteiger partial charge in [-0.15, -0.1) is 11.8 Å². The fourth-order valence-electron chi connectivity index (χ4n) is 4.66. The summed E-state index contributed by atoms with van der Waals surface area (Å²) >= 11 is 1.75. The molecule has 0 bridgehead atoms. The maximum absolute atomic E-state index is 12.7. The first-order chi connectivity index (χ1) is 17.3. The predicted molar refractivity (Wildman–Crippen MR) is 142 cm³/mol. The van der Waals surface area contributed by atoms with Crippen molar-refractivity contribution in [1.29, 1.82) is 0 Å². The molecule has 0 saturated carbocycles. The number of benzene rings is 3. The topological polar surface area (TPSA) is 47.4 Å². The Hall–Kier alpha value is -3.25. The van der Waals surface area contributed by atoms with Crippen molar-refractivity contribution in [2.75, 3.05) is 18.8 Å².